The zero-order valence-corrected chi connectivity index (χ0v) is 11.4. The molecule has 2 aromatic rings. The Kier molecular flexibility index (Phi) is 3.65. The largest absolute Gasteiger partial charge is 0.375 e. The van der Waals surface area contributed by atoms with Crippen LogP contribution in [-0.4, -0.2) is 13.4 Å². The zero-order valence-electron chi connectivity index (χ0n) is 9.75. The topological polar surface area (TPSA) is 85.1 Å². The van der Waals surface area contributed by atoms with Crippen LogP contribution in [0.25, 0.3) is 0 Å². The van der Waals surface area contributed by atoms with E-state index in [1.807, 2.05) is 0 Å². The number of hydrogen-bond donors (Lipinski definition) is 2. The number of sulfonamides is 1. The van der Waals surface area contributed by atoms with Crippen molar-refractivity contribution in [3.8, 4) is 0 Å². The van der Waals surface area contributed by atoms with Gasteiger partial charge in [-0.3, -0.25) is 0 Å². The van der Waals surface area contributed by atoms with Crippen molar-refractivity contribution in [2.75, 3.05) is 5.73 Å². The quantitative estimate of drug-likeness (QED) is 0.890. The summed E-state index contributed by atoms with van der Waals surface area (Å²) in [6.07, 6.45) is 0. The molecule has 3 N–H and O–H groups in total. The molecule has 0 saturated heterocycles. The number of rotatable bonds is 4. The first kappa shape index (κ1) is 13.0. The van der Waals surface area contributed by atoms with Gasteiger partial charge in [-0.05, 0) is 18.6 Å². The molecular weight excluding hydrogens is 270 g/mol. The van der Waals surface area contributed by atoms with E-state index in [-0.39, 0.29) is 11.4 Å². The van der Waals surface area contributed by atoms with Crippen LogP contribution in [0.1, 0.15) is 11.3 Å². The molecule has 1 aromatic carbocycles. The van der Waals surface area contributed by atoms with Crippen LogP contribution in [0.15, 0.2) is 34.5 Å². The van der Waals surface area contributed by atoms with Crippen LogP contribution in [0.5, 0.6) is 0 Å². The minimum atomic E-state index is -3.51. The molecule has 18 heavy (non-hydrogen) atoms. The van der Waals surface area contributed by atoms with Gasteiger partial charge in [0.1, 0.15) is 0 Å². The molecule has 0 amide bonds. The van der Waals surface area contributed by atoms with Crippen molar-refractivity contribution in [1.82, 2.24) is 9.71 Å². The summed E-state index contributed by atoms with van der Waals surface area (Å²) in [5, 5.41) is 2.16. The summed E-state index contributed by atoms with van der Waals surface area (Å²) in [7, 11) is -3.51. The third-order valence-electron chi connectivity index (χ3n) is 2.40. The predicted octanol–water partition coefficient (Wildman–Crippen LogP) is 1.51. The third kappa shape index (κ3) is 2.87. The lowest BCUT2D eigenvalue weighted by Gasteiger charge is -2.07. The summed E-state index contributed by atoms with van der Waals surface area (Å²) in [6, 6.07) is 6.83. The van der Waals surface area contributed by atoms with Crippen LogP contribution >= 0.6 is 11.3 Å². The van der Waals surface area contributed by atoms with Gasteiger partial charge in [0.15, 0.2) is 5.13 Å². The van der Waals surface area contributed by atoms with Crippen molar-refractivity contribution >= 4 is 26.5 Å². The second-order valence-electron chi connectivity index (χ2n) is 3.77. The first-order valence-corrected chi connectivity index (χ1v) is 7.60. The van der Waals surface area contributed by atoms with E-state index in [1.165, 1.54) is 11.3 Å². The Labute approximate surface area is 110 Å². The third-order valence-corrected chi connectivity index (χ3v) is 4.68. The molecular formula is C11H13N3O2S2. The molecule has 0 radical (unpaired) electrons. The second-order valence-corrected chi connectivity index (χ2v) is 6.39. The first-order chi connectivity index (χ1) is 8.49. The van der Waals surface area contributed by atoms with Gasteiger partial charge in [0, 0.05) is 5.38 Å². The lowest BCUT2D eigenvalue weighted by Crippen LogP contribution is -2.24. The van der Waals surface area contributed by atoms with Crippen molar-refractivity contribution < 1.29 is 8.42 Å². The minimum Gasteiger partial charge on any atom is -0.375 e. The molecule has 96 valence electrons. The second kappa shape index (κ2) is 5.05. The Balaban J connectivity index is 2.16. The molecule has 2 rings (SSSR count). The summed E-state index contributed by atoms with van der Waals surface area (Å²) in [6.45, 7) is 1.90. The summed E-state index contributed by atoms with van der Waals surface area (Å²) < 4.78 is 26.6. The van der Waals surface area contributed by atoms with Gasteiger partial charge in [-0.15, -0.1) is 11.3 Å². The van der Waals surface area contributed by atoms with Crippen molar-refractivity contribution in [2.24, 2.45) is 0 Å². The van der Waals surface area contributed by atoms with Gasteiger partial charge in [-0.1, -0.05) is 18.2 Å². The fourth-order valence-corrected chi connectivity index (χ4v) is 3.31. The van der Waals surface area contributed by atoms with E-state index in [0.717, 1.165) is 0 Å². The minimum absolute atomic E-state index is 0.143. The molecule has 0 aliphatic carbocycles. The fraction of sp³-hybridized carbons (Fsp3) is 0.182. The van der Waals surface area contributed by atoms with E-state index >= 15 is 0 Å². The van der Waals surface area contributed by atoms with E-state index in [1.54, 1.807) is 36.6 Å². The van der Waals surface area contributed by atoms with Crippen LogP contribution in [0.2, 0.25) is 0 Å². The normalized spacial score (nSPS) is 11.6. The van der Waals surface area contributed by atoms with Gasteiger partial charge in [0.05, 0.1) is 17.1 Å². The van der Waals surface area contributed by atoms with Gasteiger partial charge in [-0.25, -0.2) is 18.1 Å². The number of nitrogen functional groups attached to an aromatic ring is 1. The standard InChI is InChI=1S/C11H13N3O2S2/c1-8-4-2-3-5-10(8)18(15,16)13-6-9-7-17-11(12)14-9/h2-5,7,13H,6H2,1H3,(H2,12,14). The SMILES string of the molecule is Cc1ccccc1S(=O)(=O)NCc1csc(N)n1. The lowest BCUT2D eigenvalue weighted by molar-refractivity contribution is 0.580. The van der Waals surface area contributed by atoms with Crippen LogP contribution in [0.4, 0.5) is 5.13 Å². The Morgan fingerprint density at radius 3 is 2.72 bits per heavy atom. The molecule has 7 heteroatoms. The monoisotopic (exact) mass is 283 g/mol. The summed E-state index contributed by atoms with van der Waals surface area (Å²) in [5.74, 6) is 0. The van der Waals surface area contributed by atoms with E-state index in [9.17, 15) is 8.42 Å². The molecule has 1 aromatic heterocycles. The van der Waals surface area contributed by atoms with E-state index in [4.69, 9.17) is 5.73 Å². The number of aryl methyl sites for hydroxylation is 1. The Hall–Kier alpha value is -1.44. The number of nitrogens with zero attached hydrogens (tertiary/aromatic N) is 1. The molecule has 0 aliphatic heterocycles. The van der Waals surface area contributed by atoms with E-state index in [0.29, 0.717) is 16.4 Å². The Morgan fingerprint density at radius 1 is 1.39 bits per heavy atom. The van der Waals surface area contributed by atoms with Crippen LogP contribution in [0, 0.1) is 6.92 Å². The molecule has 0 spiro atoms. The number of thiazole rings is 1. The molecule has 1 heterocycles. The lowest BCUT2D eigenvalue weighted by atomic mass is 10.2. The molecule has 0 atom stereocenters. The number of anilines is 1. The number of nitrogens with two attached hydrogens (primary N) is 1. The van der Waals surface area contributed by atoms with Crippen molar-refractivity contribution in [3.63, 3.8) is 0 Å². The highest BCUT2D eigenvalue weighted by molar-refractivity contribution is 7.89. The maximum Gasteiger partial charge on any atom is 0.241 e. The molecule has 0 aliphatic rings. The van der Waals surface area contributed by atoms with E-state index < -0.39 is 10.0 Å². The molecule has 0 fully saturated rings. The van der Waals surface area contributed by atoms with Crippen molar-refractivity contribution in [2.45, 2.75) is 18.4 Å². The van der Waals surface area contributed by atoms with Gasteiger partial charge in [-0.2, -0.15) is 0 Å². The maximum absolute atomic E-state index is 12.1. The van der Waals surface area contributed by atoms with Crippen molar-refractivity contribution in [3.05, 3.63) is 40.9 Å². The van der Waals surface area contributed by atoms with Gasteiger partial charge in [0.2, 0.25) is 10.0 Å². The predicted molar refractivity (Wildman–Crippen MR) is 71.7 cm³/mol. The average Bonchev–Trinajstić information content (AvgIpc) is 2.73. The zero-order chi connectivity index (χ0) is 13.2. The summed E-state index contributed by atoms with van der Waals surface area (Å²) in [5.41, 5.74) is 6.81. The fourth-order valence-electron chi connectivity index (χ4n) is 1.51. The first-order valence-electron chi connectivity index (χ1n) is 5.24. The molecule has 0 saturated carbocycles. The maximum atomic E-state index is 12.1. The number of aromatic nitrogens is 1. The van der Waals surface area contributed by atoms with Crippen LogP contribution in [0.3, 0.4) is 0 Å². The summed E-state index contributed by atoms with van der Waals surface area (Å²) >= 11 is 1.29. The number of hydrogen-bond acceptors (Lipinski definition) is 5. The average molecular weight is 283 g/mol. The van der Waals surface area contributed by atoms with Gasteiger partial charge >= 0.3 is 0 Å². The number of nitrogens with one attached hydrogen (secondary N) is 1. The number of benzene rings is 1. The Morgan fingerprint density at radius 2 is 2.11 bits per heavy atom. The van der Waals surface area contributed by atoms with E-state index in [2.05, 4.69) is 9.71 Å². The summed E-state index contributed by atoms with van der Waals surface area (Å²) in [4.78, 5) is 4.28. The Bertz CT molecular complexity index is 650. The van der Waals surface area contributed by atoms with Crippen molar-refractivity contribution in [1.29, 1.82) is 0 Å². The smallest absolute Gasteiger partial charge is 0.241 e. The van der Waals surface area contributed by atoms with Gasteiger partial charge < -0.3 is 5.73 Å². The highest BCUT2D eigenvalue weighted by atomic mass is 32.2. The van der Waals surface area contributed by atoms with Crippen LogP contribution in [-0.2, 0) is 16.6 Å². The highest BCUT2D eigenvalue weighted by Crippen LogP contribution is 2.15. The molecule has 5 nitrogen and oxygen atoms in total. The van der Waals surface area contributed by atoms with Gasteiger partial charge in [0.25, 0.3) is 0 Å². The molecule has 0 bridgehead atoms. The highest BCUT2D eigenvalue weighted by Gasteiger charge is 2.16. The molecule has 0 unspecified atom stereocenters. The van der Waals surface area contributed by atoms with Crippen LogP contribution < -0.4 is 10.5 Å².